The number of carbonyl (C=O) groups is 3. The predicted octanol–water partition coefficient (Wildman–Crippen LogP) is 6.45. The molecule has 69 heavy (non-hydrogen) atoms. The van der Waals surface area contributed by atoms with Crippen molar-refractivity contribution >= 4 is 50.8 Å². The predicted molar refractivity (Wildman–Crippen MR) is 267 cm³/mol. The Balaban J connectivity index is 0.000000204. The first-order valence-corrected chi connectivity index (χ1v) is 26.5. The van der Waals surface area contributed by atoms with Crippen molar-refractivity contribution in [3.63, 3.8) is 0 Å². The molecule has 0 saturated heterocycles. The van der Waals surface area contributed by atoms with Gasteiger partial charge in [0.15, 0.2) is 0 Å². The maximum absolute atomic E-state index is 12.4. The molecule has 18 heteroatoms. The first-order chi connectivity index (χ1) is 33.1. The summed E-state index contributed by atoms with van der Waals surface area (Å²) < 4.78 is 37.6. The van der Waals surface area contributed by atoms with E-state index in [0.717, 1.165) is 67.3 Å². The van der Waals surface area contributed by atoms with E-state index >= 15 is 0 Å². The molecule has 4 aromatic rings. The fraction of sp³-hybridized carbons (Fsp3) is 0.549. The second-order valence-electron chi connectivity index (χ2n) is 19.0. The monoisotopic (exact) mass is 967 g/mol. The fourth-order valence-corrected chi connectivity index (χ4v) is 9.36. The summed E-state index contributed by atoms with van der Waals surface area (Å²) in [6.07, 6.45) is 11.0. The van der Waals surface area contributed by atoms with Crippen LogP contribution in [0, 0.1) is 11.8 Å². The number of aromatic nitrogens is 4. The van der Waals surface area contributed by atoms with Crippen molar-refractivity contribution in [3.8, 4) is 12.0 Å². The summed E-state index contributed by atoms with van der Waals surface area (Å²) in [5, 5.41) is 0. The van der Waals surface area contributed by atoms with E-state index in [-0.39, 0.29) is 48.2 Å². The zero-order valence-corrected chi connectivity index (χ0v) is 41.6. The Hall–Kier alpha value is -5.88. The highest BCUT2D eigenvalue weighted by molar-refractivity contribution is 7.88. The molecule has 372 valence electrons. The SMILES string of the molecule is CCCCOc1nc(N)c2c(n1)N(Cc1cccc(CN(CC3CC3)C(C)=O)c1)CCC(=O)C2.CCCCOc1nc(N)c2c(n1)N(Cc1cccc(CN(CC3CC3)S(C)(=O)=O)c1)CCC(=O)C2. The van der Waals surface area contributed by atoms with Gasteiger partial charge in [0.1, 0.15) is 34.8 Å². The summed E-state index contributed by atoms with van der Waals surface area (Å²) in [5.41, 5.74) is 17.9. The minimum atomic E-state index is -3.29. The van der Waals surface area contributed by atoms with E-state index in [9.17, 15) is 22.8 Å². The largest absolute Gasteiger partial charge is 0.463 e. The lowest BCUT2D eigenvalue weighted by Crippen LogP contribution is -2.31. The third-order valence-corrected chi connectivity index (χ3v) is 14.0. The van der Waals surface area contributed by atoms with Crippen molar-refractivity contribution in [2.24, 2.45) is 11.8 Å². The molecule has 2 aromatic carbocycles. The molecule has 8 rings (SSSR count). The maximum Gasteiger partial charge on any atom is 0.320 e. The minimum Gasteiger partial charge on any atom is -0.463 e. The number of hydrogen-bond acceptors (Lipinski definition) is 15. The number of hydrogen-bond donors (Lipinski definition) is 2. The second kappa shape index (κ2) is 23.6. The van der Waals surface area contributed by atoms with Crippen molar-refractivity contribution in [1.82, 2.24) is 29.1 Å². The first kappa shape index (κ1) is 51.0. The Morgan fingerprint density at radius 2 is 1.14 bits per heavy atom. The molecule has 0 unspecified atom stereocenters. The molecule has 4 aliphatic rings. The number of ether oxygens (including phenoxy) is 2. The van der Waals surface area contributed by atoms with Crippen LogP contribution in [-0.2, 0) is 63.4 Å². The molecule has 0 atom stereocenters. The number of sulfonamides is 1. The molecule has 4 heterocycles. The lowest BCUT2D eigenvalue weighted by atomic mass is 10.1. The summed E-state index contributed by atoms with van der Waals surface area (Å²) in [7, 11) is -3.29. The summed E-state index contributed by atoms with van der Waals surface area (Å²) in [6, 6.07) is 16.7. The lowest BCUT2D eigenvalue weighted by molar-refractivity contribution is -0.129. The highest BCUT2D eigenvalue weighted by atomic mass is 32.2. The highest BCUT2D eigenvalue weighted by Crippen LogP contribution is 2.34. The van der Waals surface area contributed by atoms with Crippen molar-refractivity contribution in [1.29, 1.82) is 0 Å². The zero-order chi connectivity index (χ0) is 49.1. The number of anilines is 4. The molecule has 2 aromatic heterocycles. The zero-order valence-electron chi connectivity index (χ0n) is 40.8. The number of ketones is 2. The number of amides is 1. The molecule has 1 amide bonds. The number of nitrogen functional groups attached to an aromatic ring is 2. The molecule has 2 saturated carbocycles. The van der Waals surface area contributed by atoms with Gasteiger partial charge < -0.3 is 35.6 Å². The molecule has 2 aliphatic heterocycles. The van der Waals surface area contributed by atoms with Gasteiger partial charge in [-0.2, -0.15) is 24.2 Å². The van der Waals surface area contributed by atoms with E-state index in [4.69, 9.17) is 20.9 Å². The summed E-state index contributed by atoms with van der Waals surface area (Å²) in [6.45, 7) is 11.4. The number of unbranched alkanes of at least 4 members (excludes halogenated alkanes) is 2. The molecule has 0 bridgehead atoms. The Morgan fingerprint density at radius 3 is 1.58 bits per heavy atom. The van der Waals surface area contributed by atoms with Gasteiger partial charge in [0, 0.05) is 96.1 Å². The van der Waals surface area contributed by atoms with E-state index in [0.29, 0.717) is 112 Å². The number of benzene rings is 2. The van der Waals surface area contributed by atoms with Crippen molar-refractivity contribution in [2.45, 2.75) is 124 Å². The lowest BCUT2D eigenvalue weighted by Gasteiger charge is -2.25. The van der Waals surface area contributed by atoms with Gasteiger partial charge in [0.25, 0.3) is 0 Å². The van der Waals surface area contributed by atoms with E-state index < -0.39 is 10.0 Å². The van der Waals surface area contributed by atoms with Crippen LogP contribution < -0.4 is 30.7 Å². The van der Waals surface area contributed by atoms with Crippen LogP contribution in [0.25, 0.3) is 0 Å². The second-order valence-corrected chi connectivity index (χ2v) is 21.0. The molecule has 0 radical (unpaired) electrons. The Kier molecular flexibility index (Phi) is 17.5. The van der Waals surface area contributed by atoms with Crippen LogP contribution in [0.1, 0.15) is 118 Å². The van der Waals surface area contributed by atoms with Crippen LogP contribution in [0.2, 0.25) is 0 Å². The number of nitrogens with two attached hydrogens (primary N) is 2. The molecular weight excluding hydrogens is 897 g/mol. The van der Waals surface area contributed by atoms with Gasteiger partial charge in [-0.05, 0) is 72.6 Å². The van der Waals surface area contributed by atoms with E-state index in [2.05, 4.69) is 56.9 Å². The van der Waals surface area contributed by atoms with Gasteiger partial charge >= 0.3 is 12.0 Å². The van der Waals surface area contributed by atoms with Gasteiger partial charge in [-0.1, -0.05) is 75.2 Å². The van der Waals surface area contributed by atoms with Crippen LogP contribution in [0.3, 0.4) is 0 Å². The third-order valence-electron chi connectivity index (χ3n) is 12.8. The quantitative estimate of drug-likeness (QED) is 0.0858. The molecule has 0 spiro atoms. The van der Waals surface area contributed by atoms with Crippen molar-refractivity contribution in [3.05, 3.63) is 81.9 Å². The molecule has 2 aliphatic carbocycles. The highest BCUT2D eigenvalue weighted by Gasteiger charge is 2.30. The minimum absolute atomic E-state index is 0.0984. The molecular formula is C51H70N10O7S. The summed E-state index contributed by atoms with van der Waals surface area (Å²) >= 11 is 0. The molecule has 4 N–H and O–H groups in total. The molecule has 2 fully saturated rings. The van der Waals surface area contributed by atoms with E-state index in [1.165, 1.54) is 19.1 Å². The summed E-state index contributed by atoms with van der Waals surface area (Å²) in [5.74, 6) is 3.35. The van der Waals surface area contributed by atoms with E-state index in [1.54, 1.807) is 11.2 Å². The van der Waals surface area contributed by atoms with Crippen LogP contribution in [-0.4, -0.2) is 101 Å². The average molecular weight is 967 g/mol. The van der Waals surface area contributed by atoms with Crippen molar-refractivity contribution in [2.75, 3.05) is 66.9 Å². The third kappa shape index (κ3) is 15.1. The van der Waals surface area contributed by atoms with Gasteiger partial charge in [-0.25, -0.2) is 8.42 Å². The average Bonchev–Trinajstić information content (AvgIpc) is 4.25. The van der Waals surface area contributed by atoms with Crippen molar-refractivity contribution < 1.29 is 32.3 Å². The van der Waals surface area contributed by atoms with Gasteiger partial charge in [-0.3, -0.25) is 14.4 Å². The number of Topliss-reactive ketones (excluding diaryl/α,β-unsaturated/α-hetero) is 2. The topological polar surface area (TPSA) is 220 Å². The maximum atomic E-state index is 12.4. The van der Waals surface area contributed by atoms with Gasteiger partial charge in [-0.15, -0.1) is 0 Å². The first-order valence-electron chi connectivity index (χ1n) is 24.6. The normalized spacial score (nSPS) is 16.0. The Morgan fingerprint density at radius 1 is 0.696 bits per heavy atom. The van der Waals surface area contributed by atoms with Crippen LogP contribution in [0.15, 0.2) is 48.5 Å². The van der Waals surface area contributed by atoms with E-state index in [1.807, 2.05) is 40.1 Å². The van der Waals surface area contributed by atoms with Gasteiger partial charge in [0.2, 0.25) is 15.9 Å². The number of carbonyl (C=O) groups excluding carboxylic acids is 3. The Labute approximate surface area is 407 Å². The smallest absolute Gasteiger partial charge is 0.320 e. The van der Waals surface area contributed by atoms with Gasteiger partial charge in [0.05, 0.1) is 19.5 Å². The Bertz CT molecular complexity index is 2550. The standard InChI is InChI=1S/C26H35N5O3.C25H35N5O4S/c1-3-4-12-34-26-28-24(27)23-14-22(33)10-11-30(25(23)29-26)16-20-6-5-7-21(13-20)17-31(18(2)32)15-19-8-9-19;1-3-4-12-34-25-27-23(26)22-14-21(31)10-11-29(24(22)28-25)15-19-6-5-7-20(13-19)17-30(35(2,32)33)16-18-8-9-18/h5-7,13,19H,3-4,8-12,14-17H2,1-2H3,(H2,27,28,29);5-7,13,18H,3-4,8-12,14-17H2,1-2H3,(H2,26,27,28). The van der Waals surface area contributed by atoms with Crippen LogP contribution in [0.5, 0.6) is 12.0 Å². The number of rotatable bonds is 21. The van der Waals surface area contributed by atoms with Crippen LogP contribution >= 0.6 is 0 Å². The molecule has 17 nitrogen and oxygen atoms in total. The van der Waals surface area contributed by atoms with Crippen LogP contribution in [0.4, 0.5) is 23.3 Å². The number of fused-ring (bicyclic) bond motifs is 2. The number of nitrogens with zero attached hydrogens (tertiary/aromatic N) is 8. The fourth-order valence-electron chi connectivity index (χ4n) is 8.49. The summed E-state index contributed by atoms with van der Waals surface area (Å²) in [4.78, 5) is 60.9.